The van der Waals surface area contributed by atoms with Gasteiger partial charge in [0.2, 0.25) is 5.91 Å². The highest BCUT2D eigenvalue weighted by Crippen LogP contribution is 2.44. The van der Waals surface area contributed by atoms with Gasteiger partial charge in [0.05, 0.1) is 27.3 Å². The zero-order valence-corrected chi connectivity index (χ0v) is 16.2. The van der Waals surface area contributed by atoms with Gasteiger partial charge >= 0.3 is 0 Å². The first-order valence-corrected chi connectivity index (χ1v) is 9.81. The second-order valence-corrected chi connectivity index (χ2v) is 7.78. The van der Waals surface area contributed by atoms with Gasteiger partial charge in [-0.05, 0) is 31.5 Å². The van der Waals surface area contributed by atoms with Crippen LogP contribution in [0.1, 0.15) is 27.6 Å². The van der Waals surface area contributed by atoms with E-state index in [-0.39, 0.29) is 16.8 Å². The number of hydrogen-bond donors (Lipinski definition) is 1. The van der Waals surface area contributed by atoms with Crippen molar-refractivity contribution in [2.75, 3.05) is 11.1 Å². The molecule has 1 atom stereocenters. The minimum absolute atomic E-state index is 0.0452. The van der Waals surface area contributed by atoms with Gasteiger partial charge in [0.25, 0.3) is 5.69 Å². The predicted molar refractivity (Wildman–Crippen MR) is 109 cm³/mol. The highest BCUT2D eigenvalue weighted by molar-refractivity contribution is 8.00. The number of aromatic nitrogens is 2. The maximum absolute atomic E-state index is 12.4. The third-order valence-electron chi connectivity index (χ3n) is 4.69. The van der Waals surface area contributed by atoms with Crippen LogP contribution in [0, 0.1) is 24.0 Å². The second kappa shape index (κ2) is 7.12. The molecule has 0 aliphatic carbocycles. The number of hydrogen-bond acceptors (Lipinski definition) is 5. The molecule has 1 aromatic heterocycles. The summed E-state index contributed by atoms with van der Waals surface area (Å²) in [7, 11) is 0. The van der Waals surface area contributed by atoms with E-state index in [1.807, 2.05) is 38.1 Å². The number of anilines is 1. The number of benzene rings is 2. The molecule has 1 aliphatic heterocycles. The van der Waals surface area contributed by atoms with Crippen molar-refractivity contribution >= 4 is 29.2 Å². The van der Waals surface area contributed by atoms with Gasteiger partial charge in [0, 0.05) is 17.7 Å². The summed E-state index contributed by atoms with van der Waals surface area (Å²) in [6, 6.07) is 14.4. The molecule has 1 aliphatic rings. The fourth-order valence-corrected chi connectivity index (χ4v) is 4.48. The average molecular weight is 394 g/mol. The molecule has 2 aromatic carbocycles. The van der Waals surface area contributed by atoms with Gasteiger partial charge in [-0.1, -0.05) is 29.8 Å². The zero-order valence-electron chi connectivity index (χ0n) is 15.4. The van der Waals surface area contributed by atoms with Crippen LogP contribution in [0.25, 0.3) is 5.69 Å². The molecule has 142 valence electrons. The van der Waals surface area contributed by atoms with E-state index >= 15 is 0 Å². The Bertz CT molecular complexity index is 1060. The van der Waals surface area contributed by atoms with Crippen molar-refractivity contribution in [2.24, 2.45) is 0 Å². The number of carbonyl (C=O) groups is 1. The number of nitro benzene ring substituents is 1. The van der Waals surface area contributed by atoms with E-state index in [1.54, 1.807) is 16.8 Å². The summed E-state index contributed by atoms with van der Waals surface area (Å²) in [6.07, 6.45) is 0. The first-order valence-electron chi connectivity index (χ1n) is 8.76. The molecular formula is C20H18N4O3S. The molecule has 0 saturated carbocycles. The van der Waals surface area contributed by atoms with E-state index in [9.17, 15) is 14.9 Å². The molecule has 1 amide bonds. The van der Waals surface area contributed by atoms with Crippen molar-refractivity contribution in [3.8, 4) is 5.69 Å². The van der Waals surface area contributed by atoms with Gasteiger partial charge in [0.15, 0.2) is 0 Å². The molecule has 1 N–H and O–H groups in total. The fraction of sp³-hybridized carbons (Fsp3) is 0.200. The largest absolute Gasteiger partial charge is 0.310 e. The molecule has 2 heterocycles. The minimum atomic E-state index is -0.415. The number of nitro groups is 1. The first-order chi connectivity index (χ1) is 13.4. The highest BCUT2D eigenvalue weighted by atomic mass is 32.2. The summed E-state index contributed by atoms with van der Waals surface area (Å²) in [5.41, 5.74) is 4.69. The SMILES string of the molecule is Cc1ccc(-n2nc(C)c3c2NC(=O)CS[C@@H]3c2ccc([N+](=O)[O-])cc2)cc1. The van der Waals surface area contributed by atoms with Gasteiger partial charge in [-0.15, -0.1) is 11.8 Å². The van der Waals surface area contributed by atoms with E-state index in [4.69, 9.17) is 0 Å². The van der Waals surface area contributed by atoms with Crippen LogP contribution in [0.2, 0.25) is 0 Å². The maximum atomic E-state index is 12.4. The van der Waals surface area contributed by atoms with E-state index in [2.05, 4.69) is 10.4 Å². The summed E-state index contributed by atoms with van der Waals surface area (Å²) < 4.78 is 1.76. The Morgan fingerprint density at radius 3 is 2.46 bits per heavy atom. The fourth-order valence-electron chi connectivity index (χ4n) is 3.29. The smallest absolute Gasteiger partial charge is 0.269 e. The Morgan fingerprint density at radius 1 is 1.14 bits per heavy atom. The molecule has 3 aromatic rings. The van der Waals surface area contributed by atoms with Crippen molar-refractivity contribution in [2.45, 2.75) is 19.1 Å². The topological polar surface area (TPSA) is 90.1 Å². The number of thioether (sulfide) groups is 1. The molecule has 0 fully saturated rings. The molecule has 0 unspecified atom stereocenters. The summed E-state index contributed by atoms with van der Waals surface area (Å²) in [5.74, 6) is 0.854. The molecule has 0 radical (unpaired) electrons. The number of non-ortho nitro benzene ring substituents is 1. The molecule has 4 rings (SSSR count). The highest BCUT2D eigenvalue weighted by Gasteiger charge is 2.30. The van der Waals surface area contributed by atoms with Gasteiger partial charge in [-0.3, -0.25) is 14.9 Å². The number of nitrogens with one attached hydrogen (secondary N) is 1. The third-order valence-corrected chi connectivity index (χ3v) is 5.96. The quantitative estimate of drug-likeness (QED) is 0.532. The lowest BCUT2D eigenvalue weighted by molar-refractivity contribution is -0.384. The maximum Gasteiger partial charge on any atom is 0.269 e. The zero-order chi connectivity index (χ0) is 19.8. The molecular weight excluding hydrogens is 376 g/mol. The Balaban J connectivity index is 1.83. The lowest BCUT2D eigenvalue weighted by Gasteiger charge is -2.15. The summed E-state index contributed by atoms with van der Waals surface area (Å²) in [6.45, 7) is 3.93. The number of carbonyl (C=O) groups excluding carboxylic acids is 1. The monoisotopic (exact) mass is 394 g/mol. The van der Waals surface area contributed by atoms with Crippen LogP contribution in [0.4, 0.5) is 11.5 Å². The number of aryl methyl sites for hydroxylation is 2. The van der Waals surface area contributed by atoms with Crippen LogP contribution in [0.15, 0.2) is 48.5 Å². The predicted octanol–water partition coefficient (Wildman–Crippen LogP) is 4.17. The van der Waals surface area contributed by atoms with Crippen LogP contribution in [0.3, 0.4) is 0 Å². The lowest BCUT2D eigenvalue weighted by Crippen LogP contribution is -2.15. The number of amides is 1. The average Bonchev–Trinajstić information content (AvgIpc) is 2.88. The standard InChI is InChI=1S/C20H18N4O3S/c1-12-3-7-15(8-4-12)23-20-18(13(2)22-23)19(28-11-17(25)21-20)14-5-9-16(10-6-14)24(26)27/h3-10,19H,11H2,1-2H3,(H,21,25)/t19-/m1/s1. The van der Waals surface area contributed by atoms with Crippen molar-refractivity contribution in [1.82, 2.24) is 9.78 Å². The van der Waals surface area contributed by atoms with Crippen molar-refractivity contribution < 1.29 is 9.72 Å². The minimum Gasteiger partial charge on any atom is -0.310 e. The van der Waals surface area contributed by atoms with Crippen molar-refractivity contribution in [1.29, 1.82) is 0 Å². The van der Waals surface area contributed by atoms with Crippen LogP contribution in [0.5, 0.6) is 0 Å². The molecule has 0 bridgehead atoms. The van der Waals surface area contributed by atoms with Crippen molar-refractivity contribution in [3.63, 3.8) is 0 Å². The van der Waals surface area contributed by atoms with E-state index in [0.717, 1.165) is 28.1 Å². The van der Waals surface area contributed by atoms with E-state index in [1.165, 1.54) is 23.9 Å². The Morgan fingerprint density at radius 2 is 1.82 bits per heavy atom. The van der Waals surface area contributed by atoms with Gasteiger partial charge in [-0.2, -0.15) is 5.10 Å². The van der Waals surface area contributed by atoms with Gasteiger partial charge in [-0.25, -0.2) is 4.68 Å². The van der Waals surface area contributed by atoms with Gasteiger partial charge < -0.3 is 5.32 Å². The number of rotatable bonds is 3. The third kappa shape index (κ3) is 3.27. The number of nitrogens with zero attached hydrogens (tertiary/aromatic N) is 3. The summed E-state index contributed by atoms with van der Waals surface area (Å²) in [4.78, 5) is 22.9. The molecule has 7 nitrogen and oxygen atoms in total. The molecule has 0 saturated heterocycles. The van der Waals surface area contributed by atoms with Crippen LogP contribution in [-0.4, -0.2) is 26.4 Å². The van der Waals surface area contributed by atoms with Gasteiger partial charge in [0.1, 0.15) is 5.82 Å². The molecule has 0 spiro atoms. The second-order valence-electron chi connectivity index (χ2n) is 6.68. The summed E-state index contributed by atoms with van der Waals surface area (Å²) >= 11 is 1.49. The van der Waals surface area contributed by atoms with Crippen molar-refractivity contribution in [3.05, 3.63) is 81.0 Å². The summed E-state index contributed by atoms with van der Waals surface area (Å²) in [5, 5.41) is 18.5. The number of fused-ring (bicyclic) bond motifs is 1. The van der Waals surface area contributed by atoms with Crippen LogP contribution in [-0.2, 0) is 4.79 Å². The first kappa shape index (κ1) is 18.2. The van der Waals surface area contributed by atoms with E-state index in [0.29, 0.717) is 11.6 Å². The van der Waals surface area contributed by atoms with Crippen LogP contribution < -0.4 is 5.32 Å². The lowest BCUT2D eigenvalue weighted by atomic mass is 10.0. The normalized spacial score (nSPS) is 16.2. The molecule has 8 heteroatoms. The van der Waals surface area contributed by atoms with E-state index < -0.39 is 4.92 Å². The van der Waals surface area contributed by atoms with Crippen LogP contribution >= 0.6 is 11.8 Å². The molecule has 28 heavy (non-hydrogen) atoms. The Kier molecular flexibility index (Phi) is 4.64. The Hall–Kier alpha value is -3.13. The Labute approximate surface area is 165 Å².